The average molecular weight is 398 g/mol. The molecule has 4 fully saturated rings. The fourth-order valence-electron chi connectivity index (χ4n) is 8.74. The second kappa shape index (κ2) is 6.85. The molecular formula is C25H39N3O. The molecule has 1 aromatic heterocycles. The lowest BCUT2D eigenvalue weighted by Gasteiger charge is -2.61. The molecule has 0 radical (unpaired) electrons. The second-order valence-corrected chi connectivity index (χ2v) is 11.6. The van der Waals surface area contributed by atoms with Crippen LogP contribution in [0.1, 0.15) is 78.6 Å². The summed E-state index contributed by atoms with van der Waals surface area (Å²) in [6.07, 6.45) is 13.9. The largest absolute Gasteiger partial charge is 0.382 e. The maximum atomic E-state index is 13.3. The zero-order valence-corrected chi connectivity index (χ0v) is 18.6. The van der Waals surface area contributed by atoms with Crippen LogP contribution in [0, 0.1) is 46.3 Å². The number of carbonyl (C=O) groups excluding carboxylic acids is 1. The van der Waals surface area contributed by atoms with Gasteiger partial charge in [-0.2, -0.15) is 5.10 Å². The lowest BCUT2D eigenvalue weighted by Crippen LogP contribution is -2.53. The highest BCUT2D eigenvalue weighted by atomic mass is 16.1. The van der Waals surface area contributed by atoms with E-state index in [9.17, 15) is 4.79 Å². The molecule has 0 saturated heterocycles. The number of hydrogen-bond acceptors (Lipinski definition) is 3. The van der Waals surface area contributed by atoms with E-state index in [4.69, 9.17) is 5.73 Å². The van der Waals surface area contributed by atoms with Gasteiger partial charge in [-0.05, 0) is 97.9 Å². The first-order chi connectivity index (χ1) is 13.8. The zero-order chi connectivity index (χ0) is 20.4. The highest BCUT2D eigenvalue weighted by Crippen LogP contribution is 2.67. The Bertz CT molecular complexity index is 787. The van der Waals surface area contributed by atoms with Gasteiger partial charge in [0, 0.05) is 12.1 Å². The third-order valence-electron chi connectivity index (χ3n) is 10.3. The molecular weight excluding hydrogens is 358 g/mol. The molecule has 3 unspecified atom stereocenters. The van der Waals surface area contributed by atoms with Crippen LogP contribution in [0.2, 0.25) is 0 Å². The standard InChI is InChI=1S/C25H39N3O/c1-16-8-11-24(2)17(14-16)4-5-18-19-6-7-21(25(19,3)12-9-20(18)24)22(29)15-28-13-10-23(26)27-28/h10,13,16-21H,4-9,11-12,14-15H2,1-3H3,(H2,26,27)/t16-,17?,18-,19?,20?,21+,24-,25-/m0/s1. The van der Waals surface area contributed by atoms with E-state index < -0.39 is 0 Å². The van der Waals surface area contributed by atoms with E-state index in [1.807, 2.05) is 6.20 Å². The predicted octanol–water partition coefficient (Wildman–Crippen LogP) is 5.33. The number of nitrogens with two attached hydrogens (primary N) is 1. The Morgan fingerprint density at radius 3 is 2.62 bits per heavy atom. The van der Waals surface area contributed by atoms with Crippen molar-refractivity contribution in [3.63, 3.8) is 0 Å². The predicted molar refractivity (Wildman–Crippen MR) is 116 cm³/mol. The minimum atomic E-state index is 0.197. The van der Waals surface area contributed by atoms with Gasteiger partial charge >= 0.3 is 0 Å². The fourth-order valence-corrected chi connectivity index (χ4v) is 8.74. The molecule has 1 heterocycles. The summed E-state index contributed by atoms with van der Waals surface area (Å²) >= 11 is 0. The van der Waals surface area contributed by atoms with Crippen LogP contribution in [0.5, 0.6) is 0 Å². The minimum Gasteiger partial charge on any atom is -0.382 e. The molecule has 4 heteroatoms. The third kappa shape index (κ3) is 2.99. The van der Waals surface area contributed by atoms with E-state index in [-0.39, 0.29) is 11.3 Å². The van der Waals surface area contributed by atoms with Gasteiger partial charge in [-0.15, -0.1) is 0 Å². The molecule has 4 aliphatic carbocycles. The summed E-state index contributed by atoms with van der Waals surface area (Å²) < 4.78 is 1.73. The van der Waals surface area contributed by atoms with Crippen LogP contribution in [0.3, 0.4) is 0 Å². The van der Waals surface area contributed by atoms with Crippen molar-refractivity contribution in [2.45, 2.75) is 85.1 Å². The Hall–Kier alpha value is -1.32. The van der Waals surface area contributed by atoms with E-state index in [1.54, 1.807) is 10.7 Å². The number of carbonyl (C=O) groups is 1. The van der Waals surface area contributed by atoms with Crippen molar-refractivity contribution < 1.29 is 4.79 Å². The maximum absolute atomic E-state index is 13.3. The molecule has 8 atom stereocenters. The zero-order valence-electron chi connectivity index (χ0n) is 18.6. The average Bonchev–Trinajstić information content (AvgIpc) is 3.24. The second-order valence-electron chi connectivity index (χ2n) is 11.6. The SMILES string of the molecule is C[C@H]1CC[C@@]2(C)C(CC[C@@H]3C2CC[C@@]2(C)C3CC[C@@H]2C(=O)Cn2ccc(N)n2)C1. The Labute approximate surface area is 176 Å². The van der Waals surface area contributed by atoms with Crippen molar-refractivity contribution in [3.8, 4) is 0 Å². The molecule has 0 aromatic carbocycles. The Kier molecular flexibility index (Phi) is 4.64. The van der Waals surface area contributed by atoms with Crippen molar-refractivity contribution >= 4 is 11.6 Å². The van der Waals surface area contributed by atoms with Gasteiger partial charge in [-0.1, -0.05) is 27.2 Å². The van der Waals surface area contributed by atoms with Crippen LogP contribution in [0.25, 0.3) is 0 Å². The first-order valence-electron chi connectivity index (χ1n) is 12.1. The lowest BCUT2D eigenvalue weighted by atomic mass is 9.44. The van der Waals surface area contributed by atoms with Crippen molar-refractivity contribution in [2.75, 3.05) is 5.73 Å². The number of hydrogen-bond donors (Lipinski definition) is 1. The quantitative estimate of drug-likeness (QED) is 0.750. The summed E-state index contributed by atoms with van der Waals surface area (Å²) in [6, 6.07) is 1.78. The lowest BCUT2D eigenvalue weighted by molar-refractivity contribution is -0.137. The van der Waals surface area contributed by atoms with Gasteiger partial charge in [-0.3, -0.25) is 9.48 Å². The molecule has 160 valence electrons. The van der Waals surface area contributed by atoms with Crippen LogP contribution in [0.4, 0.5) is 5.82 Å². The van der Waals surface area contributed by atoms with Gasteiger partial charge in [0.1, 0.15) is 5.82 Å². The van der Waals surface area contributed by atoms with Crippen molar-refractivity contribution in [3.05, 3.63) is 12.3 Å². The van der Waals surface area contributed by atoms with Crippen LogP contribution in [-0.2, 0) is 11.3 Å². The summed E-state index contributed by atoms with van der Waals surface area (Å²) in [4.78, 5) is 13.3. The number of Topliss-reactive ketones (excluding diaryl/α,β-unsaturated/α-hetero) is 1. The number of fused-ring (bicyclic) bond motifs is 5. The molecule has 0 aliphatic heterocycles. The molecule has 29 heavy (non-hydrogen) atoms. The number of nitrogens with zero attached hydrogens (tertiary/aromatic N) is 2. The van der Waals surface area contributed by atoms with Crippen LogP contribution >= 0.6 is 0 Å². The minimum absolute atomic E-state index is 0.197. The van der Waals surface area contributed by atoms with Crippen molar-refractivity contribution in [1.82, 2.24) is 9.78 Å². The van der Waals surface area contributed by atoms with Crippen molar-refractivity contribution in [2.24, 2.45) is 46.3 Å². The molecule has 5 rings (SSSR count). The molecule has 4 nitrogen and oxygen atoms in total. The number of ketones is 1. The van der Waals surface area contributed by atoms with Gasteiger partial charge in [0.25, 0.3) is 0 Å². The number of rotatable bonds is 3. The van der Waals surface area contributed by atoms with Gasteiger partial charge in [0.05, 0.1) is 6.54 Å². The van der Waals surface area contributed by atoms with Crippen LogP contribution in [0.15, 0.2) is 12.3 Å². The van der Waals surface area contributed by atoms with E-state index in [1.165, 1.54) is 51.4 Å². The summed E-state index contributed by atoms with van der Waals surface area (Å²) in [5.41, 5.74) is 6.50. The summed E-state index contributed by atoms with van der Waals surface area (Å²) in [5, 5.41) is 4.25. The normalized spacial score (nSPS) is 46.6. The Morgan fingerprint density at radius 2 is 1.86 bits per heavy atom. The van der Waals surface area contributed by atoms with E-state index in [0.29, 0.717) is 23.6 Å². The molecule has 4 aliphatic rings. The topological polar surface area (TPSA) is 60.9 Å². The summed E-state index contributed by atoms with van der Waals surface area (Å²) in [7, 11) is 0. The maximum Gasteiger partial charge on any atom is 0.157 e. The molecule has 1 aromatic rings. The molecule has 0 bridgehead atoms. The third-order valence-corrected chi connectivity index (χ3v) is 10.3. The number of anilines is 1. The summed E-state index contributed by atoms with van der Waals surface area (Å²) in [5.74, 6) is 5.44. The first kappa shape index (κ1) is 19.6. The Balaban J connectivity index is 1.35. The van der Waals surface area contributed by atoms with Gasteiger partial charge in [-0.25, -0.2) is 0 Å². The number of aromatic nitrogens is 2. The van der Waals surface area contributed by atoms with E-state index in [2.05, 4.69) is 25.9 Å². The van der Waals surface area contributed by atoms with Crippen LogP contribution in [-0.4, -0.2) is 15.6 Å². The van der Waals surface area contributed by atoms with Gasteiger partial charge in [0.2, 0.25) is 0 Å². The van der Waals surface area contributed by atoms with Crippen molar-refractivity contribution in [1.29, 1.82) is 0 Å². The van der Waals surface area contributed by atoms with Crippen LogP contribution < -0.4 is 5.73 Å². The monoisotopic (exact) mass is 397 g/mol. The smallest absolute Gasteiger partial charge is 0.157 e. The highest BCUT2D eigenvalue weighted by molar-refractivity contribution is 5.82. The fraction of sp³-hybridized carbons (Fsp3) is 0.840. The summed E-state index contributed by atoms with van der Waals surface area (Å²) in [6.45, 7) is 7.95. The van der Waals surface area contributed by atoms with E-state index >= 15 is 0 Å². The Morgan fingerprint density at radius 1 is 1.10 bits per heavy atom. The van der Waals surface area contributed by atoms with Gasteiger partial charge in [0.15, 0.2) is 5.78 Å². The molecule has 0 spiro atoms. The first-order valence-corrected chi connectivity index (χ1v) is 12.1. The highest BCUT2D eigenvalue weighted by Gasteiger charge is 2.60. The van der Waals surface area contributed by atoms with E-state index in [0.717, 1.165) is 36.0 Å². The molecule has 4 saturated carbocycles. The number of nitrogen functional groups attached to an aromatic ring is 1. The van der Waals surface area contributed by atoms with Gasteiger partial charge < -0.3 is 5.73 Å². The molecule has 2 N–H and O–H groups in total. The molecule has 0 amide bonds.